The zero-order valence-electron chi connectivity index (χ0n) is 21.4. The van der Waals surface area contributed by atoms with Gasteiger partial charge < -0.3 is 9.64 Å². The molecule has 1 aliphatic heterocycles. The lowest BCUT2D eigenvalue weighted by molar-refractivity contribution is 0.249. The van der Waals surface area contributed by atoms with E-state index in [0.29, 0.717) is 12.4 Å². The lowest BCUT2D eigenvalue weighted by atomic mass is 10.1. The zero-order valence-corrected chi connectivity index (χ0v) is 22.2. The predicted octanol–water partition coefficient (Wildman–Crippen LogP) is 5.66. The van der Waals surface area contributed by atoms with Crippen LogP contribution < -0.4 is 15.2 Å². The maximum Gasteiger partial charge on any atom is 0.316 e. The number of aryl methyl sites for hydroxylation is 1. The van der Waals surface area contributed by atoms with E-state index in [0.717, 1.165) is 49.7 Å². The number of thiophene rings is 1. The van der Waals surface area contributed by atoms with Crippen LogP contribution in [0.4, 0.5) is 5.69 Å². The van der Waals surface area contributed by atoms with Crippen molar-refractivity contribution in [3.63, 3.8) is 0 Å². The molecule has 3 aromatic carbocycles. The number of fused-ring (bicyclic) bond motifs is 1. The molecule has 38 heavy (non-hydrogen) atoms. The van der Waals surface area contributed by atoms with E-state index in [1.54, 1.807) is 6.20 Å². The molecule has 0 spiro atoms. The molecule has 0 amide bonds. The van der Waals surface area contributed by atoms with Crippen molar-refractivity contribution in [2.75, 3.05) is 31.1 Å². The molecule has 192 valence electrons. The van der Waals surface area contributed by atoms with Gasteiger partial charge in [-0.15, -0.1) is 11.3 Å². The van der Waals surface area contributed by atoms with Gasteiger partial charge in [0.1, 0.15) is 12.3 Å². The van der Waals surface area contributed by atoms with Gasteiger partial charge in [-0.2, -0.15) is 9.78 Å². The largest absolute Gasteiger partial charge is 0.481 e. The summed E-state index contributed by atoms with van der Waals surface area (Å²) in [4.78, 5) is 19.8. The molecule has 0 atom stereocenters. The van der Waals surface area contributed by atoms with Crippen molar-refractivity contribution in [3.8, 4) is 11.4 Å². The van der Waals surface area contributed by atoms with E-state index < -0.39 is 0 Å². The summed E-state index contributed by atoms with van der Waals surface area (Å²) in [6, 6.07) is 28.1. The Bertz CT molecular complexity index is 1590. The third-order valence-corrected chi connectivity index (χ3v) is 8.42. The highest BCUT2D eigenvalue weighted by Gasteiger charge is 2.24. The van der Waals surface area contributed by atoms with Crippen LogP contribution in [0.2, 0.25) is 0 Å². The number of hydrogen-bond donors (Lipinski definition) is 0. The lowest BCUT2D eigenvalue weighted by Gasteiger charge is -2.36. The molecule has 5 aromatic rings. The molecule has 0 unspecified atom stereocenters. The highest BCUT2D eigenvalue weighted by atomic mass is 32.1. The number of hydrogen-bond acceptors (Lipinski definition) is 6. The van der Waals surface area contributed by atoms with Crippen LogP contribution in [0.5, 0.6) is 5.75 Å². The summed E-state index contributed by atoms with van der Waals surface area (Å²) in [5.41, 5.74) is 3.64. The van der Waals surface area contributed by atoms with Gasteiger partial charge in [0.2, 0.25) is 5.75 Å². The molecule has 6 rings (SSSR count). The number of benzene rings is 3. The SMILES string of the molecule is Cc1c(CN2CCN(c3cnn(-c4ccccc4)c(=O)c3OCc3ccccc3)CC2)sc2ccccc12. The topological polar surface area (TPSA) is 50.6 Å². The summed E-state index contributed by atoms with van der Waals surface area (Å²) in [5.74, 6) is 0.349. The molecule has 1 fully saturated rings. The Kier molecular flexibility index (Phi) is 6.94. The minimum Gasteiger partial charge on any atom is -0.481 e. The Morgan fingerprint density at radius 1 is 0.868 bits per heavy atom. The van der Waals surface area contributed by atoms with Crippen molar-refractivity contribution >= 4 is 27.1 Å². The van der Waals surface area contributed by atoms with E-state index in [1.807, 2.05) is 72.0 Å². The molecular weight excluding hydrogens is 492 g/mol. The first-order valence-corrected chi connectivity index (χ1v) is 13.8. The smallest absolute Gasteiger partial charge is 0.316 e. The van der Waals surface area contributed by atoms with Crippen LogP contribution in [0, 0.1) is 6.92 Å². The molecule has 1 saturated heterocycles. The number of rotatable bonds is 7. The van der Waals surface area contributed by atoms with Crippen molar-refractivity contribution in [3.05, 3.63) is 117 Å². The summed E-state index contributed by atoms with van der Waals surface area (Å²) < 4.78 is 8.99. The summed E-state index contributed by atoms with van der Waals surface area (Å²) in [7, 11) is 0. The van der Waals surface area contributed by atoms with Gasteiger partial charge in [0.15, 0.2) is 0 Å². The maximum atomic E-state index is 13.6. The standard InChI is InChI=1S/C31H30N4O2S/c1-23-26-14-8-9-15-28(26)38-29(23)21-33-16-18-34(19-17-33)27-20-32-35(25-12-6-3-7-13-25)31(36)30(27)37-22-24-10-4-2-5-11-24/h2-15,20H,16-19,21-22H2,1H3. The van der Waals surface area contributed by atoms with Crippen molar-refractivity contribution < 1.29 is 4.74 Å². The number of para-hydroxylation sites is 1. The Hall–Kier alpha value is -3.94. The highest BCUT2D eigenvalue weighted by molar-refractivity contribution is 7.19. The first-order valence-electron chi connectivity index (χ1n) is 13.0. The van der Waals surface area contributed by atoms with Crippen LogP contribution in [0.15, 0.2) is 95.9 Å². The van der Waals surface area contributed by atoms with Gasteiger partial charge in [-0.05, 0) is 41.6 Å². The molecule has 0 N–H and O–H groups in total. The van der Waals surface area contributed by atoms with Gasteiger partial charge >= 0.3 is 5.56 Å². The Balaban J connectivity index is 1.23. The molecule has 0 bridgehead atoms. The first kappa shape index (κ1) is 24.4. The first-order chi connectivity index (χ1) is 18.7. The second-order valence-corrected chi connectivity index (χ2v) is 10.7. The van der Waals surface area contributed by atoms with Crippen LogP contribution in [-0.4, -0.2) is 40.9 Å². The Labute approximate surface area is 226 Å². The number of anilines is 1. The van der Waals surface area contributed by atoms with E-state index in [4.69, 9.17) is 4.74 Å². The molecule has 6 nitrogen and oxygen atoms in total. The van der Waals surface area contributed by atoms with Crippen LogP contribution in [0.3, 0.4) is 0 Å². The van der Waals surface area contributed by atoms with Crippen LogP contribution in [0.1, 0.15) is 16.0 Å². The second-order valence-electron chi connectivity index (χ2n) is 9.60. The van der Waals surface area contributed by atoms with Crippen molar-refractivity contribution in [2.24, 2.45) is 0 Å². The summed E-state index contributed by atoms with van der Waals surface area (Å²) in [5, 5.41) is 5.89. The zero-order chi connectivity index (χ0) is 25.9. The number of nitrogens with zero attached hydrogens (tertiary/aromatic N) is 4. The summed E-state index contributed by atoms with van der Waals surface area (Å²) in [6.07, 6.45) is 1.78. The molecule has 3 heterocycles. The van der Waals surface area contributed by atoms with Crippen molar-refractivity contribution in [2.45, 2.75) is 20.1 Å². The van der Waals surface area contributed by atoms with Crippen LogP contribution >= 0.6 is 11.3 Å². The summed E-state index contributed by atoms with van der Waals surface area (Å²) >= 11 is 1.89. The fraction of sp³-hybridized carbons (Fsp3) is 0.226. The fourth-order valence-electron chi connectivity index (χ4n) is 5.00. The molecule has 0 saturated carbocycles. The monoisotopic (exact) mass is 522 g/mol. The van der Waals surface area contributed by atoms with E-state index in [1.165, 1.54) is 25.2 Å². The molecular formula is C31H30N4O2S. The van der Waals surface area contributed by atoms with Gasteiger partial charge in [-0.1, -0.05) is 66.7 Å². The summed E-state index contributed by atoms with van der Waals surface area (Å²) in [6.45, 7) is 6.94. The van der Waals surface area contributed by atoms with E-state index in [9.17, 15) is 4.79 Å². The van der Waals surface area contributed by atoms with Gasteiger partial charge in [-0.25, -0.2) is 0 Å². The predicted molar refractivity (Wildman–Crippen MR) is 155 cm³/mol. The van der Waals surface area contributed by atoms with Crippen molar-refractivity contribution in [1.82, 2.24) is 14.7 Å². The second kappa shape index (κ2) is 10.8. The number of piperazine rings is 1. The number of aromatic nitrogens is 2. The van der Waals surface area contributed by atoms with Crippen LogP contribution in [-0.2, 0) is 13.2 Å². The minimum absolute atomic E-state index is 0.243. The third-order valence-electron chi connectivity index (χ3n) is 7.16. The molecule has 1 aliphatic rings. The van der Waals surface area contributed by atoms with Gasteiger partial charge in [0.25, 0.3) is 0 Å². The normalized spacial score (nSPS) is 14.2. The third kappa shape index (κ3) is 4.95. The van der Waals surface area contributed by atoms with Gasteiger partial charge in [-0.3, -0.25) is 9.69 Å². The quantitative estimate of drug-likeness (QED) is 0.276. The van der Waals surface area contributed by atoms with Gasteiger partial charge in [0, 0.05) is 42.3 Å². The average Bonchev–Trinajstić information content (AvgIpc) is 3.28. The van der Waals surface area contributed by atoms with Crippen molar-refractivity contribution in [1.29, 1.82) is 0 Å². The molecule has 0 radical (unpaired) electrons. The van der Waals surface area contributed by atoms with E-state index in [2.05, 4.69) is 46.1 Å². The molecule has 2 aromatic heterocycles. The lowest BCUT2D eigenvalue weighted by Crippen LogP contribution is -2.46. The Morgan fingerprint density at radius 2 is 1.55 bits per heavy atom. The molecule has 7 heteroatoms. The maximum absolute atomic E-state index is 13.6. The van der Waals surface area contributed by atoms with E-state index >= 15 is 0 Å². The fourth-order valence-corrected chi connectivity index (χ4v) is 6.25. The average molecular weight is 523 g/mol. The molecule has 0 aliphatic carbocycles. The van der Waals surface area contributed by atoms with Crippen LogP contribution in [0.25, 0.3) is 15.8 Å². The van der Waals surface area contributed by atoms with E-state index in [-0.39, 0.29) is 5.56 Å². The van der Waals surface area contributed by atoms with Gasteiger partial charge in [0.05, 0.1) is 11.9 Å². The number of ether oxygens (including phenoxy) is 1. The Morgan fingerprint density at radius 3 is 2.29 bits per heavy atom. The minimum atomic E-state index is -0.243. The highest BCUT2D eigenvalue weighted by Crippen LogP contribution is 2.32.